The van der Waals surface area contributed by atoms with E-state index in [0.717, 1.165) is 5.69 Å². The number of hydrogen-bond acceptors (Lipinski definition) is 3. The number of fused-ring (bicyclic) bond motifs is 1. The standard InChI is InChI=1S/C26H21ClF2N4O3/c27-18-13-23-24(34)30-14-20(33(23)15-18)11-16-1-6-22(29)21(12-16)26(36)32-9-7-31(8-10-32)25(35)17-2-4-19(28)5-3-17/h1-6,12-15H,7-11H2,(H,30,34). The number of aromatic nitrogens is 2. The van der Waals surface area contributed by atoms with Crippen molar-refractivity contribution in [3.63, 3.8) is 0 Å². The molecule has 2 amide bonds. The number of nitrogens with zero attached hydrogens (tertiary/aromatic N) is 3. The van der Waals surface area contributed by atoms with E-state index in [2.05, 4.69) is 4.98 Å². The lowest BCUT2D eigenvalue weighted by Gasteiger charge is -2.35. The van der Waals surface area contributed by atoms with Crippen LogP contribution in [0.3, 0.4) is 0 Å². The summed E-state index contributed by atoms with van der Waals surface area (Å²) in [4.78, 5) is 43.6. The Kier molecular flexibility index (Phi) is 6.32. The predicted octanol–water partition coefficient (Wildman–Crippen LogP) is 3.75. The number of carbonyl (C=O) groups excluding carboxylic acids is 2. The SMILES string of the molecule is O=C(c1ccc(F)cc1)N1CCN(C(=O)c2cc(Cc3c[nH]c(=O)c4cc(Cl)cn34)ccc2F)CC1. The molecule has 0 radical (unpaired) electrons. The van der Waals surface area contributed by atoms with Crippen LogP contribution in [-0.4, -0.2) is 57.2 Å². The van der Waals surface area contributed by atoms with Gasteiger partial charge in [-0.1, -0.05) is 17.7 Å². The summed E-state index contributed by atoms with van der Waals surface area (Å²) in [7, 11) is 0. The average Bonchev–Trinajstić information content (AvgIpc) is 3.29. The average molecular weight is 511 g/mol. The lowest BCUT2D eigenvalue weighted by molar-refractivity contribution is 0.0532. The zero-order valence-corrected chi connectivity index (χ0v) is 19.8. The summed E-state index contributed by atoms with van der Waals surface area (Å²) >= 11 is 6.06. The lowest BCUT2D eigenvalue weighted by atomic mass is 10.0. The summed E-state index contributed by atoms with van der Waals surface area (Å²) < 4.78 is 29.5. The molecule has 1 saturated heterocycles. The third-order valence-electron chi connectivity index (χ3n) is 6.29. The molecule has 1 N–H and O–H groups in total. The van der Waals surface area contributed by atoms with E-state index in [1.165, 1.54) is 41.3 Å². The summed E-state index contributed by atoms with van der Waals surface area (Å²) in [6, 6.07) is 11.2. The fourth-order valence-electron chi connectivity index (χ4n) is 4.38. The Balaban J connectivity index is 1.30. The maximum absolute atomic E-state index is 14.7. The van der Waals surface area contributed by atoms with E-state index in [0.29, 0.717) is 28.1 Å². The molecule has 0 saturated carbocycles. The van der Waals surface area contributed by atoms with Gasteiger partial charge in [-0.15, -0.1) is 0 Å². The monoisotopic (exact) mass is 510 g/mol. The molecule has 1 aliphatic heterocycles. The summed E-state index contributed by atoms with van der Waals surface area (Å²) in [5.74, 6) is -1.76. The Morgan fingerprint density at radius 1 is 0.917 bits per heavy atom. The van der Waals surface area contributed by atoms with Crippen molar-refractivity contribution >= 4 is 28.9 Å². The number of piperazine rings is 1. The first-order valence-electron chi connectivity index (χ1n) is 11.3. The summed E-state index contributed by atoms with van der Waals surface area (Å²) in [6.07, 6.45) is 3.52. The maximum Gasteiger partial charge on any atom is 0.272 e. The number of H-pyrrole nitrogens is 1. The molecular weight excluding hydrogens is 490 g/mol. The van der Waals surface area contributed by atoms with Gasteiger partial charge in [0.05, 0.1) is 10.6 Å². The first kappa shape index (κ1) is 23.7. The molecule has 0 unspecified atom stereocenters. The van der Waals surface area contributed by atoms with E-state index in [1.54, 1.807) is 33.8 Å². The highest BCUT2D eigenvalue weighted by atomic mass is 35.5. The first-order valence-corrected chi connectivity index (χ1v) is 11.7. The van der Waals surface area contributed by atoms with Gasteiger partial charge >= 0.3 is 0 Å². The number of halogens is 3. The Morgan fingerprint density at radius 2 is 1.58 bits per heavy atom. The van der Waals surface area contributed by atoms with Crippen LogP contribution in [0.1, 0.15) is 32.0 Å². The lowest BCUT2D eigenvalue weighted by Crippen LogP contribution is -2.50. The zero-order chi connectivity index (χ0) is 25.4. The van der Waals surface area contributed by atoms with Gasteiger partial charge in [0.15, 0.2) is 0 Å². The van der Waals surface area contributed by atoms with Crippen LogP contribution in [-0.2, 0) is 6.42 Å². The van der Waals surface area contributed by atoms with Crippen molar-refractivity contribution in [3.05, 3.63) is 110 Å². The van der Waals surface area contributed by atoms with Crippen LogP contribution < -0.4 is 5.56 Å². The number of benzene rings is 2. The fourth-order valence-corrected chi connectivity index (χ4v) is 4.59. The molecule has 10 heteroatoms. The van der Waals surface area contributed by atoms with E-state index in [4.69, 9.17) is 11.6 Å². The predicted molar refractivity (Wildman–Crippen MR) is 130 cm³/mol. The minimum absolute atomic E-state index is 0.0583. The number of nitrogens with one attached hydrogen (secondary N) is 1. The number of carbonyl (C=O) groups is 2. The second-order valence-electron chi connectivity index (χ2n) is 8.60. The van der Waals surface area contributed by atoms with Crippen molar-refractivity contribution in [2.75, 3.05) is 26.2 Å². The van der Waals surface area contributed by atoms with Gasteiger partial charge in [-0.3, -0.25) is 14.4 Å². The maximum atomic E-state index is 14.7. The molecule has 2 aromatic heterocycles. The van der Waals surface area contributed by atoms with Crippen LogP contribution in [0.2, 0.25) is 5.02 Å². The third kappa shape index (κ3) is 4.61. The van der Waals surface area contributed by atoms with Crippen molar-refractivity contribution in [1.82, 2.24) is 19.2 Å². The normalized spacial score (nSPS) is 13.9. The van der Waals surface area contributed by atoms with Gasteiger partial charge in [0.2, 0.25) is 0 Å². The van der Waals surface area contributed by atoms with Gasteiger partial charge < -0.3 is 19.2 Å². The number of rotatable bonds is 4. The number of aromatic amines is 1. The topological polar surface area (TPSA) is 77.9 Å². The van der Waals surface area contributed by atoms with Gasteiger partial charge in [-0.2, -0.15) is 0 Å². The quantitative estimate of drug-likeness (QED) is 0.454. The molecule has 3 heterocycles. The zero-order valence-electron chi connectivity index (χ0n) is 19.0. The molecule has 7 nitrogen and oxygen atoms in total. The summed E-state index contributed by atoms with van der Waals surface area (Å²) in [5, 5.41) is 0.417. The van der Waals surface area contributed by atoms with Crippen LogP contribution in [0, 0.1) is 11.6 Å². The van der Waals surface area contributed by atoms with Gasteiger partial charge in [-0.05, 0) is 48.0 Å². The van der Waals surface area contributed by atoms with E-state index in [9.17, 15) is 23.2 Å². The first-order chi connectivity index (χ1) is 17.3. The van der Waals surface area contributed by atoms with Crippen molar-refractivity contribution in [2.45, 2.75) is 6.42 Å². The molecule has 5 rings (SSSR count). The van der Waals surface area contributed by atoms with Crippen molar-refractivity contribution in [3.8, 4) is 0 Å². The molecule has 0 aliphatic carbocycles. The molecule has 0 bridgehead atoms. The van der Waals surface area contributed by atoms with E-state index < -0.39 is 17.5 Å². The highest BCUT2D eigenvalue weighted by molar-refractivity contribution is 6.31. The Hall–Kier alpha value is -3.98. The molecule has 2 aromatic carbocycles. The van der Waals surface area contributed by atoms with E-state index in [1.807, 2.05) is 0 Å². The molecule has 1 fully saturated rings. The van der Waals surface area contributed by atoms with Crippen LogP contribution in [0.15, 0.2) is 65.7 Å². The summed E-state index contributed by atoms with van der Waals surface area (Å²) in [5.41, 5.74) is 1.83. The van der Waals surface area contributed by atoms with Crippen LogP contribution in [0.4, 0.5) is 8.78 Å². The van der Waals surface area contributed by atoms with Crippen LogP contribution in [0.5, 0.6) is 0 Å². The van der Waals surface area contributed by atoms with Crippen molar-refractivity contribution in [1.29, 1.82) is 0 Å². The van der Waals surface area contributed by atoms with Crippen LogP contribution in [0.25, 0.3) is 5.52 Å². The molecule has 0 spiro atoms. The third-order valence-corrected chi connectivity index (χ3v) is 6.50. The molecule has 4 aromatic rings. The largest absolute Gasteiger partial charge is 0.335 e. The highest BCUT2D eigenvalue weighted by Crippen LogP contribution is 2.20. The molecule has 1 aliphatic rings. The molecule has 36 heavy (non-hydrogen) atoms. The molecule has 184 valence electrons. The Labute approximate surface area is 209 Å². The number of amides is 2. The van der Waals surface area contributed by atoms with E-state index >= 15 is 0 Å². The van der Waals surface area contributed by atoms with Gasteiger partial charge in [0.25, 0.3) is 17.4 Å². The van der Waals surface area contributed by atoms with Crippen LogP contribution >= 0.6 is 11.6 Å². The minimum atomic E-state index is -0.635. The Morgan fingerprint density at radius 3 is 2.28 bits per heavy atom. The Bertz CT molecular complexity index is 1520. The molecular formula is C26H21ClF2N4O3. The summed E-state index contributed by atoms with van der Waals surface area (Å²) in [6.45, 7) is 1.07. The van der Waals surface area contributed by atoms with Crippen molar-refractivity contribution < 1.29 is 18.4 Å². The second-order valence-corrected chi connectivity index (χ2v) is 9.04. The van der Waals surface area contributed by atoms with E-state index in [-0.39, 0.29) is 43.2 Å². The highest BCUT2D eigenvalue weighted by Gasteiger charge is 2.27. The van der Waals surface area contributed by atoms with Gasteiger partial charge in [-0.25, -0.2) is 8.78 Å². The van der Waals surface area contributed by atoms with Gasteiger partial charge in [0.1, 0.15) is 17.2 Å². The number of hydrogen-bond donors (Lipinski definition) is 1. The fraction of sp³-hybridized carbons (Fsp3) is 0.192. The smallest absolute Gasteiger partial charge is 0.272 e. The van der Waals surface area contributed by atoms with Crippen molar-refractivity contribution in [2.24, 2.45) is 0 Å². The second kappa shape index (κ2) is 9.58. The molecule has 0 atom stereocenters. The van der Waals surface area contributed by atoms with Gasteiger partial charge in [0, 0.05) is 56.3 Å². The minimum Gasteiger partial charge on any atom is -0.335 e.